The van der Waals surface area contributed by atoms with E-state index in [9.17, 15) is 47.8 Å². The average Bonchev–Trinajstić information content (AvgIpc) is 1.15. The summed E-state index contributed by atoms with van der Waals surface area (Å²) in [7, 11) is 1.01. The molecule has 0 fully saturated rings. The van der Waals surface area contributed by atoms with E-state index < -0.39 is 24.2 Å². The van der Waals surface area contributed by atoms with Gasteiger partial charge in [0.25, 0.3) is 17.7 Å². The number of hydrogen-bond acceptors (Lipinski definition) is 16. The summed E-state index contributed by atoms with van der Waals surface area (Å²) in [5.74, 6) is -0.373. The number of nitrogens with one attached hydrogen (secondary N) is 8. The third-order valence-corrected chi connectivity index (χ3v) is 17.0. The Kier molecular flexibility index (Phi) is 38.2. The minimum atomic E-state index is -3.61. The van der Waals surface area contributed by atoms with Crippen LogP contribution in [0.3, 0.4) is 0 Å². The molecule has 0 radical (unpaired) electrons. The van der Waals surface area contributed by atoms with E-state index in [1.54, 1.807) is 108 Å². The fourth-order valence-corrected chi connectivity index (χ4v) is 9.92. The molecule has 0 bridgehead atoms. The second-order valence-electron chi connectivity index (χ2n) is 23.2. The van der Waals surface area contributed by atoms with Gasteiger partial charge < -0.3 is 80.4 Å². The van der Waals surface area contributed by atoms with Crippen molar-refractivity contribution in [1.29, 1.82) is 0 Å². The van der Waals surface area contributed by atoms with Crippen LogP contribution >= 0.6 is 7.60 Å². The van der Waals surface area contributed by atoms with E-state index in [2.05, 4.69) is 42.5 Å². The Bertz CT molecular complexity index is 2520. The predicted molar refractivity (Wildman–Crippen MR) is 350 cm³/mol. The van der Waals surface area contributed by atoms with Crippen molar-refractivity contribution in [3.63, 3.8) is 0 Å². The molecule has 26 heteroatoms. The highest BCUT2D eigenvalue weighted by Gasteiger charge is 2.36. The second kappa shape index (κ2) is 44.4. The fourth-order valence-electron chi connectivity index (χ4n) is 9.23. The molecule has 0 spiro atoms. The first kappa shape index (κ1) is 79.1. The van der Waals surface area contributed by atoms with Gasteiger partial charge in [0.1, 0.15) is 22.8 Å². The van der Waals surface area contributed by atoms with Crippen LogP contribution in [0.1, 0.15) is 156 Å². The monoisotopic (exact) mass is 1310 g/mol. The van der Waals surface area contributed by atoms with Crippen molar-refractivity contribution in [2.75, 3.05) is 113 Å². The SMILES string of the molecule is CCC(C)(CC(C)CCC(=O)NC(COCCC(=O)NCCCNC(=O)c1ccc(OC)cc1)(COCCC(=O)NCCCNC(=O)c1ccc(OC)cc1)COCCC(=O)NCCCNC(=O)c1ccc(OC)cc1)C(=O)NCCCCCCOP(=O)(O)C(C)C. The van der Waals surface area contributed by atoms with Crippen LogP contribution in [0.25, 0.3) is 0 Å². The van der Waals surface area contributed by atoms with Crippen LogP contribution in [0.5, 0.6) is 17.2 Å². The van der Waals surface area contributed by atoms with E-state index in [1.165, 1.54) is 0 Å². The maximum absolute atomic E-state index is 14.2. The molecule has 3 atom stereocenters. The van der Waals surface area contributed by atoms with Crippen LogP contribution in [0.15, 0.2) is 72.8 Å². The topological polar surface area (TPSA) is 335 Å². The molecule has 514 valence electrons. The fraction of sp³-hybridized carbons (Fsp3) is 0.606. The largest absolute Gasteiger partial charge is 0.497 e. The van der Waals surface area contributed by atoms with Gasteiger partial charge in [-0.3, -0.25) is 42.9 Å². The number of methoxy groups -OCH3 is 3. The highest BCUT2D eigenvalue weighted by atomic mass is 31.2. The van der Waals surface area contributed by atoms with Crippen LogP contribution in [-0.4, -0.2) is 177 Å². The van der Waals surface area contributed by atoms with Crippen LogP contribution in [-0.2, 0) is 47.3 Å². The Morgan fingerprint density at radius 1 is 0.467 bits per heavy atom. The molecule has 0 aliphatic rings. The van der Waals surface area contributed by atoms with E-state index in [0.717, 1.165) is 19.3 Å². The maximum atomic E-state index is 14.2. The molecule has 0 aromatic heterocycles. The van der Waals surface area contributed by atoms with Gasteiger partial charge in [0.15, 0.2) is 0 Å². The van der Waals surface area contributed by atoms with Crippen molar-refractivity contribution in [2.45, 2.75) is 136 Å². The number of carbonyl (C=O) groups excluding carboxylic acids is 8. The zero-order valence-electron chi connectivity index (χ0n) is 55.3. The Morgan fingerprint density at radius 3 is 1.18 bits per heavy atom. The van der Waals surface area contributed by atoms with Gasteiger partial charge in [-0.15, -0.1) is 0 Å². The number of ether oxygens (including phenoxy) is 6. The molecular formula is C66H103N8O17P. The quantitative estimate of drug-likeness (QED) is 0.0218. The van der Waals surface area contributed by atoms with E-state index in [-0.39, 0.29) is 145 Å². The van der Waals surface area contributed by atoms with Crippen molar-refractivity contribution in [2.24, 2.45) is 11.3 Å². The van der Waals surface area contributed by atoms with E-state index >= 15 is 0 Å². The first-order valence-corrected chi connectivity index (χ1v) is 33.6. The third kappa shape index (κ3) is 32.4. The molecular weight excluding hydrogens is 1210 g/mol. The summed E-state index contributed by atoms with van der Waals surface area (Å²) < 4.78 is 51.1. The number of benzene rings is 3. The van der Waals surface area contributed by atoms with Gasteiger partial charge in [-0.05, 0) is 130 Å². The standard InChI is InChI=1S/C66H103N8O17P/c1-9-65(5,64(82)73-34-12-10-11-13-41-91-92(83,84)49(2)3)45-50(4)17-30-60(78)74-66(46-88-42-31-57(75)67-35-14-38-70-61(79)51-18-24-54(85-6)25-19-51,47-89-43-32-58(76)68-36-15-39-71-62(80)52-20-26-55(86-7)27-21-52)48-90-44-33-59(77)69-37-16-40-72-63(81)53-22-28-56(87-8)29-23-53/h18-29,49-50H,9-17,30-48H2,1-8H3,(H,67,75)(H,68,76)(H,69,77)(H,70,79)(H,71,80)(H,72,81)(H,73,82)(H,74,78)(H,83,84). The summed E-state index contributed by atoms with van der Waals surface area (Å²) in [6, 6.07) is 20.1. The Morgan fingerprint density at radius 2 is 0.826 bits per heavy atom. The van der Waals surface area contributed by atoms with Gasteiger partial charge in [-0.1, -0.05) is 47.5 Å². The van der Waals surface area contributed by atoms with Crippen LogP contribution in [0, 0.1) is 11.3 Å². The molecule has 8 amide bonds. The predicted octanol–water partition coefficient (Wildman–Crippen LogP) is 6.41. The summed E-state index contributed by atoms with van der Waals surface area (Å²) in [6.45, 7) is 10.8. The van der Waals surface area contributed by atoms with Crippen molar-refractivity contribution in [3.05, 3.63) is 89.5 Å². The van der Waals surface area contributed by atoms with Gasteiger partial charge in [0, 0.05) is 93.6 Å². The van der Waals surface area contributed by atoms with Crippen molar-refractivity contribution in [3.8, 4) is 17.2 Å². The molecule has 3 aromatic carbocycles. The molecule has 9 N–H and O–H groups in total. The summed E-state index contributed by atoms with van der Waals surface area (Å²) in [5.41, 5.74) is -1.17. The van der Waals surface area contributed by atoms with E-state index in [4.69, 9.17) is 32.9 Å². The molecule has 0 saturated heterocycles. The van der Waals surface area contributed by atoms with Gasteiger partial charge in [-0.2, -0.15) is 0 Å². The average molecular weight is 1310 g/mol. The molecule has 3 unspecified atom stereocenters. The molecule has 25 nitrogen and oxygen atoms in total. The van der Waals surface area contributed by atoms with Gasteiger partial charge in [0.05, 0.1) is 73.2 Å². The van der Waals surface area contributed by atoms with Crippen LogP contribution < -0.4 is 56.7 Å². The van der Waals surface area contributed by atoms with E-state index in [1.807, 2.05) is 20.8 Å². The lowest BCUT2D eigenvalue weighted by atomic mass is 9.77. The van der Waals surface area contributed by atoms with Crippen molar-refractivity contribution < 1.29 is 80.8 Å². The second-order valence-corrected chi connectivity index (χ2v) is 25.6. The van der Waals surface area contributed by atoms with Crippen molar-refractivity contribution in [1.82, 2.24) is 42.5 Å². The first-order valence-electron chi connectivity index (χ1n) is 31.9. The molecule has 0 saturated carbocycles. The van der Waals surface area contributed by atoms with Crippen molar-refractivity contribution >= 4 is 54.9 Å². The van der Waals surface area contributed by atoms with E-state index in [0.29, 0.717) is 105 Å². The summed E-state index contributed by atoms with van der Waals surface area (Å²) in [4.78, 5) is 114. The number of amides is 8. The molecule has 92 heavy (non-hydrogen) atoms. The lowest BCUT2D eigenvalue weighted by molar-refractivity contribution is -0.132. The Labute approximate surface area is 543 Å². The molecule has 3 aromatic rings. The first-order chi connectivity index (χ1) is 44.1. The van der Waals surface area contributed by atoms with Gasteiger partial charge in [0.2, 0.25) is 29.5 Å². The maximum Gasteiger partial charge on any atom is 0.330 e. The number of rotatable bonds is 50. The van der Waals surface area contributed by atoms with Crippen LogP contribution in [0.4, 0.5) is 0 Å². The highest BCUT2D eigenvalue weighted by Crippen LogP contribution is 2.47. The summed E-state index contributed by atoms with van der Waals surface area (Å²) in [6.07, 6.45) is 5.70. The lowest BCUT2D eigenvalue weighted by Crippen LogP contribution is -2.58. The highest BCUT2D eigenvalue weighted by molar-refractivity contribution is 7.53. The molecule has 3 rings (SSSR count). The summed E-state index contributed by atoms with van der Waals surface area (Å²) in [5, 5.41) is 23.2. The minimum absolute atomic E-state index is 0.0474. The number of carbonyl (C=O) groups is 8. The summed E-state index contributed by atoms with van der Waals surface area (Å²) >= 11 is 0. The molecule has 0 aliphatic carbocycles. The normalized spacial score (nSPS) is 12.9. The third-order valence-electron chi connectivity index (χ3n) is 15.2. The number of hydrogen-bond donors (Lipinski definition) is 9. The molecule has 0 aliphatic heterocycles. The molecule has 0 heterocycles. The smallest absolute Gasteiger partial charge is 0.330 e. The minimum Gasteiger partial charge on any atom is -0.497 e. The van der Waals surface area contributed by atoms with Gasteiger partial charge >= 0.3 is 7.60 Å². The zero-order valence-corrected chi connectivity index (χ0v) is 56.2. The Balaban J connectivity index is 1.66. The lowest BCUT2D eigenvalue weighted by Gasteiger charge is -2.34. The number of unbranched alkanes of at least 4 members (excludes halogenated alkanes) is 3. The van der Waals surface area contributed by atoms with Crippen LogP contribution in [0.2, 0.25) is 0 Å². The Hall–Kier alpha value is -7.15. The zero-order chi connectivity index (χ0) is 67.6. The van der Waals surface area contributed by atoms with Gasteiger partial charge in [-0.25, -0.2) is 0 Å².